The van der Waals surface area contributed by atoms with Crippen molar-refractivity contribution < 1.29 is 9.18 Å². The van der Waals surface area contributed by atoms with Gasteiger partial charge in [0, 0.05) is 38.9 Å². The van der Waals surface area contributed by atoms with E-state index in [1.54, 1.807) is 29.3 Å². The lowest BCUT2D eigenvalue weighted by molar-refractivity contribution is -0.120. The summed E-state index contributed by atoms with van der Waals surface area (Å²) in [4.78, 5) is 25.6. The molecule has 0 saturated carbocycles. The number of hydrogen-bond donors (Lipinski definition) is 1. The number of carbonyl (C=O) groups is 1. The van der Waals surface area contributed by atoms with Gasteiger partial charge in [0.2, 0.25) is 5.91 Å². The summed E-state index contributed by atoms with van der Waals surface area (Å²) in [5, 5.41) is 7.97. The highest BCUT2D eigenvalue weighted by atomic mass is 19.1. The molecule has 1 saturated heterocycles. The number of hydrogen-bond acceptors (Lipinski definition) is 6. The number of fused-ring (bicyclic) bond motifs is 1. The number of anilines is 2. The molecule has 1 aromatic carbocycles. The Balaban J connectivity index is 1.40. The minimum atomic E-state index is -0.370. The van der Waals surface area contributed by atoms with Gasteiger partial charge in [-0.25, -0.2) is 14.4 Å². The second kappa shape index (κ2) is 7.51. The Morgan fingerprint density at radius 3 is 2.75 bits per heavy atom. The van der Waals surface area contributed by atoms with E-state index in [1.165, 1.54) is 12.1 Å². The molecular formula is C19H22FN7O. The van der Waals surface area contributed by atoms with Crippen LogP contribution in [0.5, 0.6) is 0 Å². The molecule has 1 aliphatic rings. The first-order valence-corrected chi connectivity index (χ1v) is 9.21. The molecule has 146 valence electrons. The molecule has 1 N–H and O–H groups in total. The summed E-state index contributed by atoms with van der Waals surface area (Å²) < 4.78 is 15.0. The third-order valence-electron chi connectivity index (χ3n) is 5.14. The van der Waals surface area contributed by atoms with Gasteiger partial charge in [-0.3, -0.25) is 14.4 Å². The van der Waals surface area contributed by atoms with Crippen LogP contribution in [0.15, 0.2) is 36.8 Å². The molecule has 1 atom stereocenters. The monoisotopic (exact) mass is 383 g/mol. The summed E-state index contributed by atoms with van der Waals surface area (Å²) in [5.74, 6) is 0.357. The van der Waals surface area contributed by atoms with Crippen LogP contribution in [0, 0.1) is 5.82 Å². The average molecular weight is 383 g/mol. The van der Waals surface area contributed by atoms with E-state index in [4.69, 9.17) is 0 Å². The minimum Gasteiger partial charge on any atom is -0.353 e. The smallest absolute Gasteiger partial charge is 0.241 e. The van der Waals surface area contributed by atoms with Gasteiger partial charge >= 0.3 is 0 Å². The Bertz CT molecular complexity index is 997. The Hall–Kier alpha value is -3.07. The van der Waals surface area contributed by atoms with E-state index in [0.717, 1.165) is 43.0 Å². The maximum atomic E-state index is 13.3. The summed E-state index contributed by atoms with van der Waals surface area (Å²) in [6.07, 6.45) is 3.34. The summed E-state index contributed by atoms with van der Waals surface area (Å²) in [6, 6.07) is 5.62. The van der Waals surface area contributed by atoms with Crippen molar-refractivity contribution in [2.45, 2.75) is 13.0 Å². The molecule has 8 nitrogen and oxygen atoms in total. The Labute approximate surface area is 162 Å². The van der Waals surface area contributed by atoms with Crippen molar-refractivity contribution in [1.29, 1.82) is 0 Å². The average Bonchev–Trinajstić information content (AvgIpc) is 3.09. The number of carbonyl (C=O) groups excluding carboxylic acids is 1. The summed E-state index contributed by atoms with van der Waals surface area (Å²) in [6.45, 7) is 4.82. The molecule has 1 fully saturated rings. The topological polar surface area (TPSA) is 79.2 Å². The molecule has 0 radical (unpaired) electrons. The molecule has 2 aromatic heterocycles. The molecule has 1 aliphatic heterocycles. The second-order valence-corrected chi connectivity index (χ2v) is 6.90. The van der Waals surface area contributed by atoms with Crippen LogP contribution in [0.3, 0.4) is 0 Å². The van der Waals surface area contributed by atoms with Gasteiger partial charge < -0.3 is 10.2 Å². The highest BCUT2D eigenvalue weighted by Crippen LogP contribution is 2.23. The van der Waals surface area contributed by atoms with Gasteiger partial charge in [-0.1, -0.05) is 6.07 Å². The van der Waals surface area contributed by atoms with Crippen molar-refractivity contribution in [1.82, 2.24) is 24.6 Å². The van der Waals surface area contributed by atoms with Gasteiger partial charge in [0.1, 0.15) is 18.0 Å². The summed E-state index contributed by atoms with van der Waals surface area (Å²) in [5.41, 5.74) is 1.27. The molecule has 28 heavy (non-hydrogen) atoms. The molecule has 9 heteroatoms. The van der Waals surface area contributed by atoms with Crippen LogP contribution in [0.2, 0.25) is 0 Å². The third-order valence-corrected chi connectivity index (χ3v) is 5.14. The Morgan fingerprint density at radius 1 is 1.21 bits per heavy atom. The second-order valence-electron chi connectivity index (χ2n) is 6.90. The molecule has 0 bridgehead atoms. The van der Waals surface area contributed by atoms with Crippen LogP contribution in [0.1, 0.15) is 6.92 Å². The Kier molecular flexibility index (Phi) is 4.91. The largest absolute Gasteiger partial charge is 0.353 e. The van der Waals surface area contributed by atoms with Crippen LogP contribution in [-0.4, -0.2) is 62.8 Å². The van der Waals surface area contributed by atoms with Crippen molar-refractivity contribution in [3.8, 4) is 0 Å². The first-order valence-electron chi connectivity index (χ1n) is 9.21. The number of nitrogens with zero attached hydrogens (tertiary/aromatic N) is 6. The molecule has 0 spiro atoms. The first-order chi connectivity index (χ1) is 13.5. The van der Waals surface area contributed by atoms with Gasteiger partial charge in [0.05, 0.1) is 17.6 Å². The Morgan fingerprint density at radius 2 is 2.00 bits per heavy atom. The number of nitrogens with one attached hydrogen (secondary N) is 1. The van der Waals surface area contributed by atoms with Crippen molar-refractivity contribution in [3.05, 3.63) is 42.6 Å². The zero-order valence-electron chi connectivity index (χ0n) is 15.8. The fraction of sp³-hybridized carbons (Fsp3) is 0.368. The van der Waals surface area contributed by atoms with Gasteiger partial charge in [-0.15, -0.1) is 0 Å². The first kappa shape index (κ1) is 18.3. The van der Waals surface area contributed by atoms with E-state index in [0.29, 0.717) is 5.69 Å². The van der Waals surface area contributed by atoms with Crippen LogP contribution in [0.4, 0.5) is 15.9 Å². The number of piperazine rings is 1. The number of halogens is 1. The summed E-state index contributed by atoms with van der Waals surface area (Å²) in [7, 11) is 1.86. The third kappa shape index (κ3) is 3.53. The fourth-order valence-electron chi connectivity index (χ4n) is 3.50. The highest BCUT2D eigenvalue weighted by Gasteiger charge is 2.27. The number of aromatic nitrogens is 4. The zero-order valence-corrected chi connectivity index (χ0v) is 15.8. The molecule has 0 unspecified atom stereocenters. The lowest BCUT2D eigenvalue weighted by atomic mass is 10.2. The fourth-order valence-corrected chi connectivity index (χ4v) is 3.50. The maximum absolute atomic E-state index is 13.3. The molecule has 4 rings (SSSR count). The van der Waals surface area contributed by atoms with E-state index in [-0.39, 0.29) is 17.8 Å². The van der Waals surface area contributed by atoms with Crippen LogP contribution in [-0.2, 0) is 11.8 Å². The normalized spacial score (nSPS) is 16.3. The number of aryl methyl sites for hydroxylation is 1. The number of amides is 1. The van der Waals surface area contributed by atoms with Crippen molar-refractivity contribution in [3.63, 3.8) is 0 Å². The van der Waals surface area contributed by atoms with Gasteiger partial charge in [0.15, 0.2) is 5.65 Å². The van der Waals surface area contributed by atoms with Gasteiger partial charge in [0.25, 0.3) is 0 Å². The predicted molar refractivity (Wildman–Crippen MR) is 105 cm³/mol. The molecular weight excluding hydrogens is 361 g/mol. The van der Waals surface area contributed by atoms with Crippen LogP contribution >= 0.6 is 0 Å². The van der Waals surface area contributed by atoms with Crippen molar-refractivity contribution in [2.24, 2.45) is 7.05 Å². The maximum Gasteiger partial charge on any atom is 0.241 e. The predicted octanol–water partition coefficient (Wildman–Crippen LogP) is 1.65. The van der Waals surface area contributed by atoms with Crippen molar-refractivity contribution >= 4 is 28.4 Å². The zero-order chi connectivity index (χ0) is 19.7. The quantitative estimate of drug-likeness (QED) is 0.738. The van der Waals surface area contributed by atoms with Crippen LogP contribution < -0.4 is 10.2 Å². The van der Waals surface area contributed by atoms with E-state index in [2.05, 4.69) is 30.2 Å². The lowest BCUT2D eigenvalue weighted by Crippen LogP contribution is -2.53. The lowest BCUT2D eigenvalue weighted by Gasteiger charge is -2.38. The molecule has 1 amide bonds. The number of rotatable bonds is 4. The standard InChI is InChI=1S/C19H22FN7O/c1-13(19(28)24-15-5-3-4-14(20)10-15)26-6-8-27(9-7-26)18-16-11-23-25(2)17(16)21-12-22-18/h3-5,10-13H,6-9H2,1-2H3,(H,24,28)/t13-/m1/s1. The SMILES string of the molecule is C[C@H](C(=O)Nc1cccc(F)c1)N1CCN(c2ncnc3c2cnn3C)CC1. The minimum absolute atomic E-state index is 0.143. The molecule has 3 aromatic rings. The van der Waals surface area contributed by atoms with Crippen LogP contribution in [0.25, 0.3) is 11.0 Å². The molecule has 0 aliphatic carbocycles. The van der Waals surface area contributed by atoms with Gasteiger partial charge in [-0.05, 0) is 25.1 Å². The summed E-state index contributed by atoms with van der Waals surface area (Å²) >= 11 is 0. The van der Waals surface area contributed by atoms with E-state index in [1.807, 2.05) is 14.0 Å². The van der Waals surface area contributed by atoms with Gasteiger partial charge in [-0.2, -0.15) is 5.10 Å². The highest BCUT2D eigenvalue weighted by molar-refractivity contribution is 5.94. The van der Waals surface area contributed by atoms with E-state index >= 15 is 0 Å². The van der Waals surface area contributed by atoms with E-state index in [9.17, 15) is 9.18 Å². The number of benzene rings is 1. The van der Waals surface area contributed by atoms with Crippen molar-refractivity contribution in [2.75, 3.05) is 36.4 Å². The van der Waals surface area contributed by atoms with E-state index < -0.39 is 0 Å². The molecule has 3 heterocycles.